The Morgan fingerprint density at radius 3 is 2.61 bits per heavy atom. The molecule has 0 radical (unpaired) electrons. The number of halogens is 1. The van der Waals surface area contributed by atoms with E-state index in [2.05, 4.69) is 15.7 Å². The second kappa shape index (κ2) is 7.28. The van der Waals surface area contributed by atoms with Gasteiger partial charge in [0, 0.05) is 19.7 Å². The summed E-state index contributed by atoms with van der Waals surface area (Å²) < 4.78 is 1.44. The van der Waals surface area contributed by atoms with Gasteiger partial charge in [0.15, 0.2) is 5.69 Å². The van der Waals surface area contributed by atoms with Crippen molar-refractivity contribution in [3.8, 4) is 0 Å². The summed E-state index contributed by atoms with van der Waals surface area (Å²) in [6.07, 6.45) is 0. The highest BCUT2D eigenvalue weighted by molar-refractivity contribution is 6.34. The summed E-state index contributed by atoms with van der Waals surface area (Å²) in [5.41, 5.74) is 0.615. The lowest BCUT2D eigenvalue weighted by Gasteiger charge is -2.06. The molecule has 1 aromatic carbocycles. The standard InChI is InChI=1S/C16H19ClN4O2/c1-10(2)9-18-16(23)13-8-14(21(3)20-13)19-15(22)11-6-4-5-7-12(11)17/h4-8,10H,9H2,1-3H3,(H,18,23)(H,19,22). The topological polar surface area (TPSA) is 76.0 Å². The third kappa shape index (κ3) is 4.32. The zero-order valence-corrected chi connectivity index (χ0v) is 14.0. The number of nitrogens with zero attached hydrogens (tertiary/aromatic N) is 2. The zero-order chi connectivity index (χ0) is 17.0. The molecule has 0 aliphatic rings. The van der Waals surface area contributed by atoms with Crippen LogP contribution in [0.1, 0.15) is 34.7 Å². The number of hydrogen-bond donors (Lipinski definition) is 2. The van der Waals surface area contributed by atoms with Crippen molar-refractivity contribution in [1.82, 2.24) is 15.1 Å². The maximum atomic E-state index is 12.2. The molecule has 0 saturated heterocycles. The van der Waals surface area contributed by atoms with Gasteiger partial charge in [-0.15, -0.1) is 0 Å². The monoisotopic (exact) mass is 334 g/mol. The van der Waals surface area contributed by atoms with Crippen LogP contribution < -0.4 is 10.6 Å². The molecule has 1 aromatic heterocycles. The van der Waals surface area contributed by atoms with Crippen LogP contribution in [-0.2, 0) is 7.05 Å². The number of aromatic nitrogens is 2. The molecular formula is C16H19ClN4O2. The molecule has 0 aliphatic heterocycles. The van der Waals surface area contributed by atoms with Crippen molar-refractivity contribution < 1.29 is 9.59 Å². The van der Waals surface area contributed by atoms with E-state index in [1.54, 1.807) is 31.3 Å². The number of anilines is 1. The molecule has 7 heteroatoms. The van der Waals surface area contributed by atoms with Gasteiger partial charge in [0.1, 0.15) is 5.82 Å². The molecule has 0 saturated carbocycles. The van der Waals surface area contributed by atoms with Gasteiger partial charge in [-0.25, -0.2) is 0 Å². The summed E-state index contributed by atoms with van der Waals surface area (Å²) in [7, 11) is 1.65. The van der Waals surface area contributed by atoms with Gasteiger partial charge in [-0.2, -0.15) is 5.10 Å². The van der Waals surface area contributed by atoms with Crippen LogP contribution in [0.3, 0.4) is 0 Å². The molecular weight excluding hydrogens is 316 g/mol. The van der Waals surface area contributed by atoms with Crippen LogP contribution in [0.25, 0.3) is 0 Å². The van der Waals surface area contributed by atoms with Gasteiger partial charge in [0.25, 0.3) is 11.8 Å². The first-order chi connectivity index (χ1) is 10.9. The van der Waals surface area contributed by atoms with Crippen LogP contribution in [0.2, 0.25) is 5.02 Å². The molecule has 2 rings (SSSR count). The number of amides is 2. The molecule has 23 heavy (non-hydrogen) atoms. The molecule has 0 unspecified atom stereocenters. The largest absolute Gasteiger partial charge is 0.350 e. The quantitative estimate of drug-likeness (QED) is 0.882. The maximum Gasteiger partial charge on any atom is 0.271 e. The fourth-order valence-corrected chi connectivity index (χ4v) is 2.13. The second-order valence-corrected chi connectivity index (χ2v) is 5.98. The molecule has 122 valence electrons. The predicted octanol–water partition coefficient (Wildman–Crippen LogP) is 2.71. The van der Waals surface area contributed by atoms with E-state index in [1.165, 1.54) is 10.7 Å². The average molecular weight is 335 g/mol. The molecule has 0 spiro atoms. The minimum absolute atomic E-state index is 0.252. The van der Waals surface area contributed by atoms with Crippen LogP contribution in [0.15, 0.2) is 30.3 Å². The van der Waals surface area contributed by atoms with Crippen LogP contribution in [0.5, 0.6) is 0 Å². The third-order valence-corrected chi connectivity index (χ3v) is 3.47. The Hall–Kier alpha value is -2.34. The van der Waals surface area contributed by atoms with E-state index in [1.807, 2.05) is 13.8 Å². The second-order valence-electron chi connectivity index (χ2n) is 5.58. The first kappa shape index (κ1) is 17.0. The van der Waals surface area contributed by atoms with E-state index >= 15 is 0 Å². The van der Waals surface area contributed by atoms with Crippen molar-refractivity contribution >= 4 is 29.2 Å². The van der Waals surface area contributed by atoms with Crippen LogP contribution in [0, 0.1) is 5.92 Å². The van der Waals surface area contributed by atoms with E-state index in [-0.39, 0.29) is 17.5 Å². The highest BCUT2D eigenvalue weighted by atomic mass is 35.5. The van der Waals surface area contributed by atoms with Crippen molar-refractivity contribution in [3.63, 3.8) is 0 Å². The van der Waals surface area contributed by atoms with Gasteiger partial charge in [-0.05, 0) is 18.1 Å². The van der Waals surface area contributed by atoms with Gasteiger partial charge in [0.05, 0.1) is 10.6 Å². The SMILES string of the molecule is CC(C)CNC(=O)c1cc(NC(=O)c2ccccc2Cl)n(C)n1. The first-order valence-corrected chi connectivity index (χ1v) is 7.64. The van der Waals surface area contributed by atoms with Crippen molar-refractivity contribution in [2.24, 2.45) is 13.0 Å². The number of nitrogens with one attached hydrogen (secondary N) is 2. The van der Waals surface area contributed by atoms with Crippen molar-refractivity contribution in [2.45, 2.75) is 13.8 Å². The van der Waals surface area contributed by atoms with Gasteiger partial charge >= 0.3 is 0 Å². The van der Waals surface area contributed by atoms with Crippen molar-refractivity contribution in [2.75, 3.05) is 11.9 Å². The van der Waals surface area contributed by atoms with Gasteiger partial charge in [-0.1, -0.05) is 37.6 Å². The average Bonchev–Trinajstić information content (AvgIpc) is 2.86. The van der Waals surface area contributed by atoms with E-state index < -0.39 is 0 Å². The van der Waals surface area contributed by atoms with E-state index in [0.29, 0.717) is 28.9 Å². The Labute approximate surface area is 139 Å². The number of aryl methyl sites for hydroxylation is 1. The molecule has 0 aliphatic carbocycles. The zero-order valence-electron chi connectivity index (χ0n) is 13.3. The number of rotatable bonds is 5. The Kier molecular flexibility index (Phi) is 5.39. The lowest BCUT2D eigenvalue weighted by Crippen LogP contribution is -2.27. The predicted molar refractivity (Wildman–Crippen MR) is 89.8 cm³/mol. The normalized spacial score (nSPS) is 10.7. The van der Waals surface area contributed by atoms with Crippen molar-refractivity contribution in [3.05, 3.63) is 46.6 Å². The van der Waals surface area contributed by atoms with E-state index in [4.69, 9.17) is 11.6 Å². The Morgan fingerprint density at radius 2 is 1.96 bits per heavy atom. The van der Waals surface area contributed by atoms with Crippen molar-refractivity contribution in [1.29, 1.82) is 0 Å². The summed E-state index contributed by atoms with van der Waals surface area (Å²) in [6, 6.07) is 8.29. The van der Waals surface area contributed by atoms with E-state index in [0.717, 1.165) is 0 Å². The van der Waals surface area contributed by atoms with Gasteiger partial charge in [-0.3, -0.25) is 14.3 Å². The Balaban J connectivity index is 2.11. The molecule has 0 atom stereocenters. The molecule has 2 amide bonds. The molecule has 6 nitrogen and oxygen atoms in total. The third-order valence-electron chi connectivity index (χ3n) is 3.14. The maximum absolute atomic E-state index is 12.2. The first-order valence-electron chi connectivity index (χ1n) is 7.26. The van der Waals surface area contributed by atoms with Crippen LogP contribution in [-0.4, -0.2) is 28.1 Å². The molecule has 1 heterocycles. The van der Waals surface area contributed by atoms with Crippen LogP contribution in [0.4, 0.5) is 5.82 Å². The molecule has 0 bridgehead atoms. The molecule has 2 aromatic rings. The van der Waals surface area contributed by atoms with Gasteiger partial charge < -0.3 is 10.6 Å². The fourth-order valence-electron chi connectivity index (χ4n) is 1.91. The minimum Gasteiger partial charge on any atom is -0.350 e. The summed E-state index contributed by atoms with van der Waals surface area (Å²) in [4.78, 5) is 24.2. The number of hydrogen-bond acceptors (Lipinski definition) is 3. The number of carbonyl (C=O) groups excluding carboxylic acids is 2. The lowest BCUT2D eigenvalue weighted by atomic mass is 10.2. The number of benzene rings is 1. The highest BCUT2D eigenvalue weighted by Gasteiger charge is 2.16. The minimum atomic E-state index is -0.354. The van der Waals surface area contributed by atoms with Crippen LogP contribution >= 0.6 is 11.6 Å². The Morgan fingerprint density at radius 1 is 1.26 bits per heavy atom. The lowest BCUT2D eigenvalue weighted by molar-refractivity contribution is 0.0942. The fraction of sp³-hybridized carbons (Fsp3) is 0.312. The summed E-state index contributed by atoms with van der Waals surface area (Å²) in [5, 5.41) is 9.97. The smallest absolute Gasteiger partial charge is 0.271 e. The number of carbonyl (C=O) groups is 2. The summed E-state index contributed by atoms with van der Waals surface area (Å²) in [5.74, 6) is 0.145. The molecule has 0 fully saturated rings. The molecule has 2 N–H and O–H groups in total. The summed E-state index contributed by atoms with van der Waals surface area (Å²) in [6.45, 7) is 4.58. The van der Waals surface area contributed by atoms with E-state index in [9.17, 15) is 9.59 Å². The van der Waals surface area contributed by atoms with Gasteiger partial charge in [0.2, 0.25) is 0 Å². The summed E-state index contributed by atoms with van der Waals surface area (Å²) >= 11 is 6.00. The Bertz CT molecular complexity index is 725. The highest BCUT2D eigenvalue weighted by Crippen LogP contribution is 2.17.